The molecule has 0 amide bonds. The summed E-state index contributed by atoms with van der Waals surface area (Å²) in [6.07, 6.45) is 3.08. The fourth-order valence-corrected chi connectivity index (χ4v) is 3.93. The van der Waals surface area contributed by atoms with Crippen LogP contribution < -0.4 is 0 Å². The lowest BCUT2D eigenvalue weighted by Crippen LogP contribution is -2.29. The minimum absolute atomic E-state index is 0.0597. The highest BCUT2D eigenvalue weighted by Gasteiger charge is 2.37. The number of carbonyl (C=O) groups excluding carboxylic acids is 2. The average Bonchev–Trinajstić information content (AvgIpc) is 2.95. The quantitative estimate of drug-likeness (QED) is 0.440. The van der Waals surface area contributed by atoms with Crippen LogP contribution in [0.2, 0.25) is 0 Å². The van der Waals surface area contributed by atoms with Gasteiger partial charge >= 0.3 is 11.9 Å². The summed E-state index contributed by atoms with van der Waals surface area (Å²) < 4.78 is 16.2. The van der Waals surface area contributed by atoms with Crippen LogP contribution >= 0.6 is 0 Å². The molecule has 0 saturated carbocycles. The summed E-state index contributed by atoms with van der Waals surface area (Å²) in [4.78, 5) is 24.3. The number of carbonyl (C=O) groups is 2. The van der Waals surface area contributed by atoms with Gasteiger partial charge in [-0.3, -0.25) is 4.79 Å². The Labute approximate surface area is 160 Å². The molecule has 27 heavy (non-hydrogen) atoms. The Morgan fingerprint density at radius 1 is 1.33 bits per heavy atom. The van der Waals surface area contributed by atoms with Gasteiger partial charge in [0.2, 0.25) is 6.29 Å². The van der Waals surface area contributed by atoms with Crippen molar-refractivity contribution in [3.63, 3.8) is 0 Å². The van der Waals surface area contributed by atoms with Crippen LogP contribution in [0, 0.1) is 5.92 Å². The van der Waals surface area contributed by atoms with Gasteiger partial charge in [-0.15, -0.1) is 0 Å². The van der Waals surface area contributed by atoms with Crippen LogP contribution in [0.15, 0.2) is 36.1 Å². The van der Waals surface area contributed by atoms with E-state index in [1.807, 2.05) is 12.1 Å². The van der Waals surface area contributed by atoms with E-state index in [4.69, 9.17) is 14.2 Å². The minimum atomic E-state index is -0.646. The number of fused-ring (bicyclic) bond motifs is 1. The van der Waals surface area contributed by atoms with Gasteiger partial charge in [-0.1, -0.05) is 45.0 Å². The molecule has 1 aliphatic carbocycles. The highest BCUT2D eigenvalue weighted by Crippen LogP contribution is 2.45. The van der Waals surface area contributed by atoms with Crippen molar-refractivity contribution in [1.29, 1.82) is 0 Å². The first-order valence-electron chi connectivity index (χ1n) is 9.66. The van der Waals surface area contributed by atoms with E-state index in [9.17, 15) is 9.59 Å². The van der Waals surface area contributed by atoms with Crippen molar-refractivity contribution in [2.75, 3.05) is 6.61 Å². The van der Waals surface area contributed by atoms with Gasteiger partial charge in [-0.25, -0.2) is 4.79 Å². The van der Waals surface area contributed by atoms with Crippen molar-refractivity contribution in [2.24, 2.45) is 5.92 Å². The predicted molar refractivity (Wildman–Crippen MR) is 101 cm³/mol. The summed E-state index contributed by atoms with van der Waals surface area (Å²) in [5, 5.41) is 0. The normalized spacial score (nSPS) is 26.9. The van der Waals surface area contributed by atoms with Crippen LogP contribution in [0.3, 0.4) is 0 Å². The van der Waals surface area contributed by atoms with Crippen LogP contribution in [-0.4, -0.2) is 24.8 Å². The molecule has 0 N–H and O–H groups in total. The first-order chi connectivity index (χ1) is 12.8. The van der Waals surface area contributed by atoms with E-state index in [1.54, 1.807) is 13.8 Å². The van der Waals surface area contributed by atoms with Gasteiger partial charge in [-0.2, -0.15) is 0 Å². The van der Waals surface area contributed by atoms with Crippen molar-refractivity contribution >= 4 is 11.9 Å². The smallest absolute Gasteiger partial charge is 0.337 e. The topological polar surface area (TPSA) is 61.8 Å². The molecule has 2 aliphatic rings. The van der Waals surface area contributed by atoms with Gasteiger partial charge in [0, 0.05) is 12.3 Å². The average molecular weight is 372 g/mol. The van der Waals surface area contributed by atoms with E-state index >= 15 is 0 Å². The van der Waals surface area contributed by atoms with Gasteiger partial charge in [0.25, 0.3) is 0 Å². The Morgan fingerprint density at radius 3 is 2.74 bits per heavy atom. The molecule has 5 nitrogen and oxygen atoms in total. The summed E-state index contributed by atoms with van der Waals surface area (Å²) >= 11 is 0. The van der Waals surface area contributed by atoms with E-state index in [-0.39, 0.29) is 29.2 Å². The second kappa shape index (κ2) is 7.75. The Hall–Kier alpha value is -2.30. The lowest BCUT2D eigenvalue weighted by molar-refractivity contribution is -0.156. The van der Waals surface area contributed by atoms with Crippen LogP contribution in [0.5, 0.6) is 0 Å². The van der Waals surface area contributed by atoms with Crippen molar-refractivity contribution in [1.82, 2.24) is 0 Å². The van der Waals surface area contributed by atoms with Gasteiger partial charge in [0.15, 0.2) is 0 Å². The Balaban J connectivity index is 1.91. The van der Waals surface area contributed by atoms with Crippen LogP contribution in [0.1, 0.15) is 64.0 Å². The number of cyclic esters (lactones) is 1. The lowest BCUT2D eigenvalue weighted by atomic mass is 9.67. The molecular weight excluding hydrogens is 344 g/mol. The predicted octanol–water partition coefficient (Wildman–Crippen LogP) is 4.21. The number of benzene rings is 1. The molecule has 3 unspecified atom stereocenters. The third-order valence-corrected chi connectivity index (χ3v) is 5.55. The van der Waals surface area contributed by atoms with Crippen LogP contribution in [0.25, 0.3) is 0 Å². The third-order valence-electron chi connectivity index (χ3n) is 5.55. The summed E-state index contributed by atoms with van der Waals surface area (Å²) in [6.45, 7) is 8.35. The molecule has 1 aromatic carbocycles. The maximum atomic E-state index is 12.7. The largest absolute Gasteiger partial charge is 0.463 e. The summed E-state index contributed by atoms with van der Waals surface area (Å²) in [7, 11) is 0. The van der Waals surface area contributed by atoms with Crippen molar-refractivity contribution in [3.05, 3.63) is 47.2 Å². The highest BCUT2D eigenvalue weighted by molar-refractivity contribution is 5.90. The molecule has 0 aromatic heterocycles. The summed E-state index contributed by atoms with van der Waals surface area (Å²) in [5.74, 6) is -0.932. The van der Waals surface area contributed by atoms with Gasteiger partial charge in [0.1, 0.15) is 0 Å². The molecule has 146 valence electrons. The first-order valence-corrected chi connectivity index (χ1v) is 9.66. The minimum Gasteiger partial charge on any atom is -0.463 e. The molecule has 0 spiro atoms. The first kappa shape index (κ1) is 19.5. The van der Waals surface area contributed by atoms with E-state index < -0.39 is 6.29 Å². The van der Waals surface area contributed by atoms with Crippen molar-refractivity contribution < 1.29 is 23.8 Å². The van der Waals surface area contributed by atoms with E-state index in [1.165, 1.54) is 11.8 Å². The lowest BCUT2D eigenvalue weighted by Gasteiger charge is -2.37. The van der Waals surface area contributed by atoms with Crippen molar-refractivity contribution in [3.8, 4) is 0 Å². The number of rotatable bonds is 5. The van der Waals surface area contributed by atoms with Gasteiger partial charge in [0.05, 0.1) is 24.4 Å². The van der Waals surface area contributed by atoms with Gasteiger partial charge < -0.3 is 14.2 Å². The molecule has 3 atom stereocenters. The van der Waals surface area contributed by atoms with E-state index in [0.717, 1.165) is 18.4 Å². The Morgan fingerprint density at radius 2 is 2.07 bits per heavy atom. The number of ether oxygens (including phenoxy) is 3. The Kier molecular flexibility index (Phi) is 5.59. The maximum Gasteiger partial charge on any atom is 0.337 e. The zero-order valence-corrected chi connectivity index (χ0v) is 16.5. The second-order valence-electron chi connectivity index (χ2n) is 8.00. The molecule has 1 fully saturated rings. The van der Waals surface area contributed by atoms with Gasteiger partial charge in [-0.05, 0) is 36.3 Å². The van der Waals surface area contributed by atoms with E-state index in [0.29, 0.717) is 18.6 Å². The molecule has 3 rings (SSSR count). The SMILES string of the molecule is CCOC(=O)/C(=C/OC1CC(C)C(=O)O1)C1CCC(C)(C)c2ccccc21. The molecule has 5 heteroatoms. The summed E-state index contributed by atoms with van der Waals surface area (Å²) in [5.41, 5.74) is 2.92. The monoisotopic (exact) mass is 372 g/mol. The Bertz CT molecular complexity index is 749. The maximum absolute atomic E-state index is 12.7. The molecule has 1 heterocycles. The molecule has 0 bridgehead atoms. The zero-order chi connectivity index (χ0) is 19.6. The number of esters is 2. The fourth-order valence-electron chi connectivity index (χ4n) is 3.93. The number of hydrogen-bond donors (Lipinski definition) is 0. The third kappa shape index (κ3) is 4.02. The molecule has 1 saturated heterocycles. The van der Waals surface area contributed by atoms with E-state index in [2.05, 4.69) is 26.0 Å². The fraction of sp³-hybridized carbons (Fsp3) is 0.545. The number of hydrogen-bond acceptors (Lipinski definition) is 5. The zero-order valence-electron chi connectivity index (χ0n) is 16.5. The second-order valence-corrected chi connectivity index (χ2v) is 8.00. The molecule has 1 aliphatic heterocycles. The summed E-state index contributed by atoms with van der Waals surface area (Å²) in [6, 6.07) is 8.24. The molecule has 0 radical (unpaired) electrons. The standard InChI is InChI=1S/C22H28O5/c1-5-25-21(24)17(13-26-19-12-14(2)20(23)27-19)15-10-11-22(3,4)18-9-7-6-8-16(15)18/h6-9,13-15,19H,5,10-12H2,1-4H3/b17-13+. The molecule has 1 aromatic rings. The van der Waals surface area contributed by atoms with Crippen LogP contribution in [0.4, 0.5) is 0 Å². The van der Waals surface area contributed by atoms with Crippen LogP contribution in [-0.2, 0) is 29.2 Å². The molecular formula is C22H28O5. The van der Waals surface area contributed by atoms with Crippen molar-refractivity contribution in [2.45, 2.75) is 64.6 Å². The highest BCUT2D eigenvalue weighted by atomic mass is 16.7.